The van der Waals surface area contributed by atoms with Gasteiger partial charge in [0, 0.05) is 15.6 Å². The van der Waals surface area contributed by atoms with Crippen LogP contribution in [0.3, 0.4) is 0 Å². The van der Waals surface area contributed by atoms with Crippen molar-refractivity contribution < 1.29 is 5.11 Å². The van der Waals surface area contributed by atoms with Crippen LogP contribution in [0.1, 0.15) is 11.1 Å². The van der Waals surface area contributed by atoms with Crippen molar-refractivity contribution >= 4 is 37.4 Å². The molecule has 1 N–H and O–H groups in total. The monoisotopic (exact) mass is 256 g/mol. The minimum absolute atomic E-state index is 0.385. The Morgan fingerprint density at radius 3 is 2.92 bits per heavy atom. The number of phenolic OH excluding ortho intramolecular Hbond substituents is 1. The van der Waals surface area contributed by atoms with Gasteiger partial charge in [-0.25, -0.2) is 0 Å². The summed E-state index contributed by atoms with van der Waals surface area (Å²) < 4.78 is 1.19. The molecular weight excluding hydrogens is 248 g/mol. The molecule has 0 spiro atoms. The quantitative estimate of drug-likeness (QED) is 0.770. The van der Waals surface area contributed by atoms with Gasteiger partial charge in [0.1, 0.15) is 5.75 Å². The highest BCUT2D eigenvalue weighted by atomic mass is 79.9. The number of rotatable bonds is 1. The number of fused-ring (bicyclic) bond motifs is 1. The lowest BCUT2D eigenvalue weighted by Gasteiger charge is -1.99. The van der Waals surface area contributed by atoms with Crippen LogP contribution >= 0.6 is 27.3 Å². The van der Waals surface area contributed by atoms with E-state index in [9.17, 15) is 5.11 Å². The van der Waals surface area contributed by atoms with Gasteiger partial charge in [0.2, 0.25) is 0 Å². The van der Waals surface area contributed by atoms with E-state index in [0.29, 0.717) is 5.75 Å². The first-order valence-corrected chi connectivity index (χ1v) is 5.98. The molecule has 68 valence electrons. The molecule has 13 heavy (non-hydrogen) atoms. The van der Waals surface area contributed by atoms with Crippen molar-refractivity contribution in [2.75, 3.05) is 0 Å². The third-order valence-electron chi connectivity index (χ3n) is 2.19. The van der Waals surface area contributed by atoms with Crippen molar-refractivity contribution in [2.45, 2.75) is 12.3 Å². The minimum atomic E-state index is 0.385. The lowest BCUT2D eigenvalue weighted by molar-refractivity contribution is 0.472. The number of alkyl halides is 1. The van der Waals surface area contributed by atoms with E-state index in [0.717, 1.165) is 10.9 Å². The molecule has 0 aliphatic heterocycles. The van der Waals surface area contributed by atoms with E-state index in [-0.39, 0.29) is 0 Å². The summed E-state index contributed by atoms with van der Waals surface area (Å²) in [5.74, 6) is 0.385. The van der Waals surface area contributed by atoms with E-state index < -0.39 is 0 Å². The Balaban J connectivity index is 2.81. The summed E-state index contributed by atoms with van der Waals surface area (Å²) in [6.07, 6.45) is 0. The van der Waals surface area contributed by atoms with E-state index in [4.69, 9.17) is 0 Å². The van der Waals surface area contributed by atoms with Gasteiger partial charge in [-0.3, -0.25) is 0 Å². The SMILES string of the molecule is Cc1c(O)ccc2c(CBr)csc12. The molecule has 2 rings (SSSR count). The predicted molar refractivity (Wildman–Crippen MR) is 60.9 cm³/mol. The van der Waals surface area contributed by atoms with Gasteiger partial charge in [-0.15, -0.1) is 11.3 Å². The standard InChI is InChI=1S/C10H9BrOS/c1-6-9(12)3-2-8-7(4-11)5-13-10(6)8/h2-3,5,12H,4H2,1H3. The van der Waals surface area contributed by atoms with Gasteiger partial charge in [-0.1, -0.05) is 15.9 Å². The van der Waals surface area contributed by atoms with Crippen LogP contribution in [0.25, 0.3) is 10.1 Å². The molecule has 1 heterocycles. The molecule has 1 aromatic heterocycles. The van der Waals surface area contributed by atoms with Crippen LogP contribution < -0.4 is 0 Å². The van der Waals surface area contributed by atoms with Crippen LogP contribution in [-0.4, -0.2) is 5.11 Å². The number of halogens is 1. The molecule has 0 bridgehead atoms. The van der Waals surface area contributed by atoms with Gasteiger partial charge < -0.3 is 5.11 Å². The molecule has 0 aliphatic carbocycles. The second-order valence-electron chi connectivity index (χ2n) is 2.98. The van der Waals surface area contributed by atoms with Crippen LogP contribution in [0.5, 0.6) is 5.75 Å². The van der Waals surface area contributed by atoms with Crippen molar-refractivity contribution in [2.24, 2.45) is 0 Å². The molecule has 0 aliphatic rings. The number of thiophene rings is 1. The molecule has 0 fully saturated rings. The largest absolute Gasteiger partial charge is 0.508 e. The van der Waals surface area contributed by atoms with Gasteiger partial charge >= 0.3 is 0 Å². The Morgan fingerprint density at radius 2 is 2.23 bits per heavy atom. The molecule has 0 atom stereocenters. The lowest BCUT2D eigenvalue weighted by Crippen LogP contribution is -1.76. The van der Waals surface area contributed by atoms with Crippen molar-refractivity contribution in [3.8, 4) is 5.75 Å². The zero-order valence-corrected chi connectivity index (χ0v) is 9.58. The summed E-state index contributed by atoms with van der Waals surface area (Å²) in [6.45, 7) is 1.95. The average Bonchev–Trinajstić information content (AvgIpc) is 2.55. The average molecular weight is 257 g/mol. The summed E-state index contributed by atoms with van der Waals surface area (Å²) in [5, 5.41) is 13.7. The second kappa shape index (κ2) is 3.31. The van der Waals surface area contributed by atoms with E-state index in [1.165, 1.54) is 15.6 Å². The summed E-state index contributed by atoms with van der Waals surface area (Å²) in [4.78, 5) is 0. The van der Waals surface area contributed by atoms with Crippen LogP contribution in [0.2, 0.25) is 0 Å². The summed E-state index contributed by atoms with van der Waals surface area (Å²) in [6, 6.07) is 3.74. The molecule has 0 amide bonds. The maximum atomic E-state index is 9.49. The zero-order valence-electron chi connectivity index (χ0n) is 7.17. The fraction of sp³-hybridized carbons (Fsp3) is 0.200. The molecule has 1 aromatic carbocycles. The predicted octanol–water partition coefficient (Wildman–Crippen LogP) is 3.81. The Hall–Kier alpha value is -0.540. The number of hydrogen-bond donors (Lipinski definition) is 1. The first-order valence-electron chi connectivity index (χ1n) is 3.98. The third-order valence-corrected chi connectivity index (χ3v) is 3.95. The fourth-order valence-corrected chi connectivity index (χ4v) is 3.14. The molecule has 0 saturated carbocycles. The van der Waals surface area contributed by atoms with Gasteiger partial charge in [-0.2, -0.15) is 0 Å². The van der Waals surface area contributed by atoms with E-state index in [1.54, 1.807) is 17.4 Å². The van der Waals surface area contributed by atoms with Crippen molar-refractivity contribution in [3.63, 3.8) is 0 Å². The third kappa shape index (κ3) is 1.36. The number of phenols is 1. The molecule has 0 radical (unpaired) electrons. The fourth-order valence-electron chi connectivity index (χ4n) is 1.38. The number of benzene rings is 1. The Kier molecular flexibility index (Phi) is 2.30. The smallest absolute Gasteiger partial charge is 0.119 e. The Bertz CT molecular complexity index is 447. The normalized spacial score (nSPS) is 10.9. The maximum absolute atomic E-state index is 9.49. The summed E-state index contributed by atoms with van der Waals surface area (Å²) in [5.41, 5.74) is 2.28. The highest BCUT2D eigenvalue weighted by Gasteiger charge is 2.07. The van der Waals surface area contributed by atoms with Gasteiger partial charge in [-0.05, 0) is 35.4 Å². The molecule has 2 aromatic rings. The summed E-state index contributed by atoms with van der Waals surface area (Å²) >= 11 is 5.13. The molecular formula is C10H9BrOS. The Labute approximate surface area is 89.1 Å². The maximum Gasteiger partial charge on any atom is 0.119 e. The Morgan fingerprint density at radius 1 is 1.46 bits per heavy atom. The summed E-state index contributed by atoms with van der Waals surface area (Å²) in [7, 11) is 0. The molecule has 0 saturated heterocycles. The van der Waals surface area contributed by atoms with Crippen molar-refractivity contribution in [3.05, 3.63) is 28.6 Å². The van der Waals surface area contributed by atoms with Crippen LogP contribution in [0.15, 0.2) is 17.5 Å². The number of aryl methyl sites for hydroxylation is 1. The first kappa shape index (κ1) is 9.03. The molecule has 0 unspecified atom stereocenters. The van der Waals surface area contributed by atoms with Gasteiger partial charge in [0.25, 0.3) is 0 Å². The van der Waals surface area contributed by atoms with Crippen LogP contribution in [0.4, 0.5) is 0 Å². The highest BCUT2D eigenvalue weighted by molar-refractivity contribution is 9.08. The van der Waals surface area contributed by atoms with Crippen molar-refractivity contribution in [1.82, 2.24) is 0 Å². The zero-order chi connectivity index (χ0) is 9.42. The topological polar surface area (TPSA) is 20.2 Å². The van der Waals surface area contributed by atoms with E-state index in [2.05, 4.69) is 21.3 Å². The molecule has 1 nitrogen and oxygen atoms in total. The van der Waals surface area contributed by atoms with Crippen molar-refractivity contribution in [1.29, 1.82) is 0 Å². The second-order valence-corrected chi connectivity index (χ2v) is 4.42. The van der Waals surface area contributed by atoms with Gasteiger partial charge in [0.15, 0.2) is 0 Å². The van der Waals surface area contributed by atoms with E-state index in [1.807, 2.05) is 13.0 Å². The first-order chi connectivity index (χ1) is 6.24. The van der Waals surface area contributed by atoms with E-state index >= 15 is 0 Å². The molecule has 3 heteroatoms. The van der Waals surface area contributed by atoms with Crippen LogP contribution in [0, 0.1) is 6.92 Å². The van der Waals surface area contributed by atoms with Crippen LogP contribution in [-0.2, 0) is 5.33 Å². The lowest BCUT2D eigenvalue weighted by atomic mass is 10.1. The minimum Gasteiger partial charge on any atom is -0.508 e. The number of aromatic hydroxyl groups is 1. The number of hydrogen-bond acceptors (Lipinski definition) is 2. The van der Waals surface area contributed by atoms with Gasteiger partial charge in [0.05, 0.1) is 0 Å². The highest BCUT2D eigenvalue weighted by Crippen LogP contribution is 2.34.